The molecule has 0 radical (unpaired) electrons. The number of rotatable bonds is 7. The maximum absolute atomic E-state index is 11.6. The fourth-order valence-electron chi connectivity index (χ4n) is 3.12. The van der Waals surface area contributed by atoms with Crippen molar-refractivity contribution in [2.45, 2.75) is 60.0 Å². The fraction of sp³-hybridized carbons (Fsp3) is 0.636. The standard InChI is InChI=1S/C22H37N5O.HI/c1-6-23-21(26-17(2)11-12-22(3,4)5)25-15-18-7-9-19(10-8-18)27-14-13-24-20(28)16-27;/h7-10,17H,6,11-16H2,1-5H3,(H,24,28)(H2,23,25,26);1H. The van der Waals surface area contributed by atoms with Gasteiger partial charge in [-0.3, -0.25) is 4.79 Å². The number of hydrogen-bond acceptors (Lipinski definition) is 3. The summed E-state index contributed by atoms with van der Waals surface area (Å²) in [5, 5.41) is 9.71. The van der Waals surface area contributed by atoms with Crippen molar-refractivity contribution in [3.63, 3.8) is 0 Å². The minimum absolute atomic E-state index is 0. The Morgan fingerprint density at radius 1 is 1.28 bits per heavy atom. The molecule has 3 N–H and O–H groups in total. The van der Waals surface area contributed by atoms with Crippen LogP contribution in [0.5, 0.6) is 0 Å². The van der Waals surface area contributed by atoms with Gasteiger partial charge in [0, 0.05) is 31.4 Å². The van der Waals surface area contributed by atoms with Gasteiger partial charge in [0.25, 0.3) is 0 Å². The number of nitrogens with zero attached hydrogens (tertiary/aromatic N) is 2. The van der Waals surface area contributed by atoms with Crippen LogP contribution in [0.4, 0.5) is 5.69 Å². The first-order valence-electron chi connectivity index (χ1n) is 10.4. The zero-order valence-electron chi connectivity index (χ0n) is 18.5. The summed E-state index contributed by atoms with van der Waals surface area (Å²) in [6.07, 6.45) is 2.29. The molecule has 6 nitrogen and oxygen atoms in total. The van der Waals surface area contributed by atoms with Gasteiger partial charge in [-0.1, -0.05) is 32.9 Å². The van der Waals surface area contributed by atoms with E-state index in [4.69, 9.17) is 4.99 Å². The van der Waals surface area contributed by atoms with Crippen molar-refractivity contribution < 1.29 is 4.79 Å². The van der Waals surface area contributed by atoms with Crippen molar-refractivity contribution in [1.82, 2.24) is 16.0 Å². The predicted molar refractivity (Wildman–Crippen MR) is 133 cm³/mol. The van der Waals surface area contributed by atoms with Gasteiger partial charge in [-0.05, 0) is 49.8 Å². The molecule has 2 rings (SSSR count). The van der Waals surface area contributed by atoms with Crippen LogP contribution < -0.4 is 20.9 Å². The zero-order valence-corrected chi connectivity index (χ0v) is 20.9. The lowest BCUT2D eigenvalue weighted by atomic mass is 9.89. The van der Waals surface area contributed by atoms with Gasteiger partial charge in [-0.15, -0.1) is 24.0 Å². The maximum Gasteiger partial charge on any atom is 0.239 e. The first kappa shape index (κ1) is 25.5. The molecule has 0 spiro atoms. The average molecular weight is 515 g/mol. The van der Waals surface area contributed by atoms with Crippen molar-refractivity contribution in [3.8, 4) is 0 Å². The van der Waals surface area contributed by atoms with Crippen molar-refractivity contribution in [3.05, 3.63) is 29.8 Å². The van der Waals surface area contributed by atoms with Gasteiger partial charge < -0.3 is 20.9 Å². The number of benzene rings is 1. The van der Waals surface area contributed by atoms with Crippen LogP contribution in [0.1, 0.15) is 53.0 Å². The summed E-state index contributed by atoms with van der Waals surface area (Å²) < 4.78 is 0. The van der Waals surface area contributed by atoms with E-state index in [1.807, 2.05) is 0 Å². The van der Waals surface area contributed by atoms with Crippen LogP contribution in [-0.4, -0.2) is 44.1 Å². The quantitative estimate of drug-likeness (QED) is 0.296. The number of halogens is 1. The molecule has 1 fully saturated rings. The molecule has 7 heteroatoms. The second-order valence-corrected chi connectivity index (χ2v) is 8.78. The Balaban J connectivity index is 0.00000420. The second-order valence-electron chi connectivity index (χ2n) is 8.78. The highest BCUT2D eigenvalue weighted by Crippen LogP contribution is 2.21. The van der Waals surface area contributed by atoms with Crippen molar-refractivity contribution in [2.75, 3.05) is 31.1 Å². The highest BCUT2D eigenvalue weighted by Gasteiger charge is 2.16. The van der Waals surface area contributed by atoms with Gasteiger partial charge in [0.2, 0.25) is 5.91 Å². The largest absolute Gasteiger partial charge is 0.360 e. The summed E-state index contributed by atoms with van der Waals surface area (Å²) in [7, 11) is 0. The van der Waals surface area contributed by atoms with E-state index in [0.717, 1.165) is 36.7 Å². The molecular weight excluding hydrogens is 477 g/mol. The molecule has 1 atom stereocenters. The van der Waals surface area contributed by atoms with E-state index in [1.54, 1.807) is 0 Å². The Kier molecular flexibility index (Phi) is 10.8. The predicted octanol–water partition coefficient (Wildman–Crippen LogP) is 3.51. The number of carbonyl (C=O) groups is 1. The molecule has 0 aromatic heterocycles. The lowest BCUT2D eigenvalue weighted by Gasteiger charge is -2.28. The molecule has 1 aromatic carbocycles. The van der Waals surface area contributed by atoms with Crippen molar-refractivity contribution >= 4 is 41.5 Å². The lowest BCUT2D eigenvalue weighted by molar-refractivity contribution is -0.120. The molecule has 0 bridgehead atoms. The molecule has 164 valence electrons. The van der Waals surface area contributed by atoms with E-state index in [1.165, 1.54) is 6.42 Å². The summed E-state index contributed by atoms with van der Waals surface area (Å²) >= 11 is 0. The van der Waals surface area contributed by atoms with E-state index in [9.17, 15) is 4.79 Å². The fourth-order valence-corrected chi connectivity index (χ4v) is 3.12. The minimum atomic E-state index is 0. The zero-order chi connectivity index (χ0) is 20.6. The number of amides is 1. The van der Waals surface area contributed by atoms with Gasteiger partial charge in [-0.25, -0.2) is 4.99 Å². The third-order valence-electron chi connectivity index (χ3n) is 4.81. The number of aliphatic imine (C=N–C) groups is 1. The molecule has 1 unspecified atom stereocenters. The van der Waals surface area contributed by atoms with Crippen LogP contribution in [0.15, 0.2) is 29.3 Å². The minimum Gasteiger partial charge on any atom is -0.360 e. The number of anilines is 1. The van der Waals surface area contributed by atoms with Gasteiger partial charge in [0.1, 0.15) is 0 Å². The third kappa shape index (κ3) is 9.69. The Morgan fingerprint density at radius 2 is 1.97 bits per heavy atom. The van der Waals surface area contributed by atoms with Crippen LogP contribution in [0.2, 0.25) is 0 Å². The smallest absolute Gasteiger partial charge is 0.239 e. The maximum atomic E-state index is 11.6. The number of nitrogens with one attached hydrogen (secondary N) is 3. The third-order valence-corrected chi connectivity index (χ3v) is 4.81. The van der Waals surface area contributed by atoms with Crippen LogP contribution in [0, 0.1) is 5.41 Å². The molecule has 1 saturated heterocycles. The van der Waals surface area contributed by atoms with Gasteiger partial charge in [0.15, 0.2) is 5.96 Å². The van der Waals surface area contributed by atoms with E-state index in [2.05, 4.69) is 79.7 Å². The van der Waals surface area contributed by atoms with Crippen LogP contribution in [-0.2, 0) is 11.3 Å². The van der Waals surface area contributed by atoms with Crippen LogP contribution >= 0.6 is 24.0 Å². The highest BCUT2D eigenvalue weighted by molar-refractivity contribution is 14.0. The monoisotopic (exact) mass is 515 g/mol. The molecule has 1 aliphatic heterocycles. The summed E-state index contributed by atoms with van der Waals surface area (Å²) in [6, 6.07) is 8.73. The molecule has 1 amide bonds. The number of guanidine groups is 1. The topological polar surface area (TPSA) is 68.8 Å². The summed E-state index contributed by atoms with van der Waals surface area (Å²) in [5.41, 5.74) is 2.59. The van der Waals surface area contributed by atoms with Gasteiger partial charge >= 0.3 is 0 Å². The highest BCUT2D eigenvalue weighted by atomic mass is 127. The normalized spacial score (nSPS) is 16.0. The molecule has 1 aliphatic rings. The summed E-state index contributed by atoms with van der Waals surface area (Å²) in [5.74, 6) is 0.947. The molecule has 29 heavy (non-hydrogen) atoms. The van der Waals surface area contributed by atoms with Crippen molar-refractivity contribution in [1.29, 1.82) is 0 Å². The van der Waals surface area contributed by atoms with Crippen molar-refractivity contribution in [2.24, 2.45) is 10.4 Å². The first-order valence-corrected chi connectivity index (χ1v) is 10.4. The first-order chi connectivity index (χ1) is 13.3. The van der Waals surface area contributed by atoms with E-state index >= 15 is 0 Å². The SMILES string of the molecule is CCNC(=NCc1ccc(N2CCNC(=O)C2)cc1)NC(C)CCC(C)(C)C.I. The summed E-state index contributed by atoms with van der Waals surface area (Å²) in [4.78, 5) is 18.4. The second kappa shape index (κ2) is 12.2. The number of hydrogen-bond donors (Lipinski definition) is 3. The molecule has 0 aliphatic carbocycles. The Hall–Kier alpha value is -1.51. The van der Waals surface area contributed by atoms with Gasteiger partial charge in [0.05, 0.1) is 13.1 Å². The lowest BCUT2D eigenvalue weighted by Crippen LogP contribution is -2.47. The van der Waals surface area contributed by atoms with Crippen LogP contribution in [0.3, 0.4) is 0 Å². The van der Waals surface area contributed by atoms with E-state index in [0.29, 0.717) is 31.1 Å². The average Bonchev–Trinajstić information content (AvgIpc) is 2.64. The number of carbonyl (C=O) groups excluding carboxylic acids is 1. The molecule has 1 heterocycles. The molecule has 1 aromatic rings. The Morgan fingerprint density at radius 3 is 2.55 bits per heavy atom. The van der Waals surface area contributed by atoms with E-state index in [-0.39, 0.29) is 29.9 Å². The Labute approximate surface area is 193 Å². The van der Waals surface area contributed by atoms with E-state index < -0.39 is 0 Å². The Bertz CT molecular complexity index is 654. The van der Waals surface area contributed by atoms with Gasteiger partial charge in [-0.2, -0.15) is 0 Å². The summed E-state index contributed by atoms with van der Waals surface area (Å²) in [6.45, 7) is 14.6. The molecule has 0 saturated carbocycles. The molecular formula is C22H38IN5O. The van der Waals surface area contributed by atoms with Crippen LogP contribution in [0.25, 0.3) is 0 Å². The number of piperazine rings is 1.